The monoisotopic (exact) mass is 251 g/mol. The molecular formula is C15H22FNO. The lowest BCUT2D eigenvalue weighted by Crippen LogP contribution is -2.35. The molecule has 1 aliphatic heterocycles. The number of benzene rings is 1. The van der Waals surface area contributed by atoms with Gasteiger partial charge in [-0.25, -0.2) is 4.39 Å². The number of nitrogens with zero attached hydrogens (tertiary/aromatic N) is 1. The standard InChI is InChI=1S/C15H22FNO/c1-11(2)12-4-5-15(14(16)10-12)18-13-6-8-17(3)9-7-13/h4-5,10-11,13H,6-9H2,1-3H3. The van der Waals surface area contributed by atoms with Crippen LogP contribution >= 0.6 is 0 Å². The van der Waals surface area contributed by atoms with Crippen LogP contribution in [0.3, 0.4) is 0 Å². The molecule has 1 fully saturated rings. The van der Waals surface area contributed by atoms with Crippen LogP contribution in [0.25, 0.3) is 0 Å². The minimum Gasteiger partial charge on any atom is -0.487 e. The fraction of sp³-hybridized carbons (Fsp3) is 0.600. The maximum atomic E-state index is 13.9. The number of ether oxygens (including phenoxy) is 1. The summed E-state index contributed by atoms with van der Waals surface area (Å²) in [6.07, 6.45) is 2.10. The van der Waals surface area contributed by atoms with Crippen molar-refractivity contribution in [3.05, 3.63) is 29.6 Å². The third-order valence-corrected chi connectivity index (χ3v) is 3.58. The second kappa shape index (κ2) is 5.70. The summed E-state index contributed by atoms with van der Waals surface area (Å²) in [5.74, 6) is 0.506. The number of halogens is 1. The maximum absolute atomic E-state index is 13.9. The minimum absolute atomic E-state index is 0.153. The Hall–Kier alpha value is -1.09. The van der Waals surface area contributed by atoms with Crippen molar-refractivity contribution < 1.29 is 9.13 Å². The van der Waals surface area contributed by atoms with Crippen molar-refractivity contribution >= 4 is 0 Å². The van der Waals surface area contributed by atoms with Gasteiger partial charge in [-0.1, -0.05) is 19.9 Å². The van der Waals surface area contributed by atoms with Crippen molar-refractivity contribution in [3.8, 4) is 5.75 Å². The first-order valence-electron chi connectivity index (χ1n) is 6.71. The Labute approximate surface area is 109 Å². The van der Waals surface area contributed by atoms with Gasteiger partial charge < -0.3 is 9.64 Å². The highest BCUT2D eigenvalue weighted by atomic mass is 19.1. The fourth-order valence-corrected chi connectivity index (χ4v) is 2.25. The second-order valence-electron chi connectivity index (χ2n) is 5.47. The predicted molar refractivity (Wildman–Crippen MR) is 71.6 cm³/mol. The maximum Gasteiger partial charge on any atom is 0.165 e. The van der Waals surface area contributed by atoms with Gasteiger partial charge in [0.2, 0.25) is 0 Å². The molecule has 1 aromatic rings. The molecule has 0 unspecified atom stereocenters. The van der Waals surface area contributed by atoms with Crippen molar-refractivity contribution in [2.75, 3.05) is 20.1 Å². The van der Waals surface area contributed by atoms with Crippen molar-refractivity contribution in [2.24, 2.45) is 0 Å². The Morgan fingerprint density at radius 2 is 1.94 bits per heavy atom. The molecule has 1 aliphatic rings. The third kappa shape index (κ3) is 3.22. The molecule has 0 amide bonds. The zero-order valence-electron chi connectivity index (χ0n) is 11.4. The summed E-state index contributed by atoms with van der Waals surface area (Å²) in [7, 11) is 2.11. The zero-order valence-corrected chi connectivity index (χ0v) is 11.4. The molecule has 100 valence electrons. The van der Waals surface area contributed by atoms with Crippen LogP contribution < -0.4 is 4.74 Å². The van der Waals surface area contributed by atoms with Gasteiger partial charge in [0.25, 0.3) is 0 Å². The zero-order chi connectivity index (χ0) is 13.1. The van der Waals surface area contributed by atoms with Gasteiger partial charge >= 0.3 is 0 Å². The van der Waals surface area contributed by atoms with E-state index in [0.29, 0.717) is 11.7 Å². The molecule has 0 spiro atoms. The van der Waals surface area contributed by atoms with E-state index in [-0.39, 0.29) is 11.9 Å². The van der Waals surface area contributed by atoms with Gasteiger partial charge in [-0.05, 0) is 43.5 Å². The van der Waals surface area contributed by atoms with Gasteiger partial charge in [-0.15, -0.1) is 0 Å². The van der Waals surface area contributed by atoms with Crippen LogP contribution in [0.4, 0.5) is 4.39 Å². The fourth-order valence-electron chi connectivity index (χ4n) is 2.25. The predicted octanol–water partition coefficient (Wildman–Crippen LogP) is 3.42. The number of hydrogen-bond acceptors (Lipinski definition) is 2. The third-order valence-electron chi connectivity index (χ3n) is 3.58. The van der Waals surface area contributed by atoms with Crippen molar-refractivity contribution in [2.45, 2.75) is 38.7 Å². The van der Waals surface area contributed by atoms with E-state index in [1.807, 2.05) is 6.07 Å². The van der Waals surface area contributed by atoms with E-state index in [4.69, 9.17) is 4.74 Å². The molecule has 2 rings (SSSR count). The summed E-state index contributed by atoms with van der Waals surface area (Å²) in [6, 6.07) is 5.32. The van der Waals surface area contributed by atoms with Crippen LogP contribution in [0, 0.1) is 5.82 Å². The molecule has 0 bridgehead atoms. The molecular weight excluding hydrogens is 229 g/mol. The SMILES string of the molecule is CC(C)c1ccc(OC2CCN(C)CC2)c(F)c1. The first kappa shape index (κ1) is 13.3. The molecule has 2 nitrogen and oxygen atoms in total. The smallest absolute Gasteiger partial charge is 0.165 e. The van der Waals surface area contributed by atoms with E-state index in [1.165, 1.54) is 0 Å². The lowest BCUT2D eigenvalue weighted by atomic mass is 10.0. The average molecular weight is 251 g/mol. The Balaban J connectivity index is 2.01. The van der Waals surface area contributed by atoms with Crippen molar-refractivity contribution in [1.29, 1.82) is 0 Å². The summed E-state index contributed by atoms with van der Waals surface area (Å²) >= 11 is 0. The summed E-state index contributed by atoms with van der Waals surface area (Å²) in [6.45, 7) is 6.17. The minimum atomic E-state index is -0.236. The van der Waals surface area contributed by atoms with Gasteiger partial charge in [0.15, 0.2) is 11.6 Å². The molecule has 18 heavy (non-hydrogen) atoms. The van der Waals surface area contributed by atoms with Crippen molar-refractivity contribution in [1.82, 2.24) is 4.90 Å². The number of piperidine rings is 1. The van der Waals surface area contributed by atoms with Crippen LogP contribution in [0.15, 0.2) is 18.2 Å². The summed E-state index contributed by atoms with van der Waals surface area (Å²) in [4.78, 5) is 2.28. The van der Waals surface area contributed by atoms with Crippen LogP contribution in [0.5, 0.6) is 5.75 Å². The molecule has 1 heterocycles. The molecule has 0 N–H and O–H groups in total. The van der Waals surface area contributed by atoms with Crippen LogP contribution in [-0.2, 0) is 0 Å². The van der Waals surface area contributed by atoms with Gasteiger partial charge in [0.05, 0.1) is 0 Å². The Morgan fingerprint density at radius 1 is 1.28 bits per heavy atom. The van der Waals surface area contributed by atoms with E-state index in [9.17, 15) is 4.39 Å². The lowest BCUT2D eigenvalue weighted by Gasteiger charge is -2.29. The van der Waals surface area contributed by atoms with Gasteiger partial charge in [0, 0.05) is 13.1 Å². The lowest BCUT2D eigenvalue weighted by molar-refractivity contribution is 0.110. The molecule has 3 heteroatoms. The molecule has 0 saturated carbocycles. The number of likely N-dealkylation sites (tertiary alicyclic amines) is 1. The van der Waals surface area contributed by atoms with E-state index < -0.39 is 0 Å². The average Bonchev–Trinajstić information content (AvgIpc) is 2.34. The summed E-state index contributed by atoms with van der Waals surface area (Å²) in [5, 5.41) is 0. The number of hydrogen-bond donors (Lipinski definition) is 0. The Bertz CT molecular complexity index is 397. The van der Waals surface area contributed by atoms with Crippen LogP contribution in [0.1, 0.15) is 38.2 Å². The highest BCUT2D eigenvalue weighted by molar-refractivity contribution is 5.31. The largest absolute Gasteiger partial charge is 0.487 e. The highest BCUT2D eigenvalue weighted by Gasteiger charge is 2.19. The van der Waals surface area contributed by atoms with Gasteiger partial charge in [0.1, 0.15) is 6.10 Å². The molecule has 0 aliphatic carbocycles. The second-order valence-corrected chi connectivity index (χ2v) is 5.47. The first-order valence-corrected chi connectivity index (χ1v) is 6.71. The first-order chi connectivity index (χ1) is 8.56. The van der Waals surface area contributed by atoms with E-state index >= 15 is 0 Å². The van der Waals surface area contributed by atoms with Crippen LogP contribution in [-0.4, -0.2) is 31.1 Å². The molecule has 0 aromatic heterocycles. The summed E-state index contributed by atoms with van der Waals surface area (Å²) < 4.78 is 19.7. The highest BCUT2D eigenvalue weighted by Crippen LogP contribution is 2.25. The van der Waals surface area contributed by atoms with Gasteiger partial charge in [-0.2, -0.15) is 0 Å². The molecule has 1 saturated heterocycles. The molecule has 0 atom stereocenters. The summed E-state index contributed by atoms with van der Waals surface area (Å²) in [5.41, 5.74) is 1.02. The van der Waals surface area contributed by atoms with E-state index in [2.05, 4.69) is 25.8 Å². The topological polar surface area (TPSA) is 12.5 Å². The van der Waals surface area contributed by atoms with E-state index in [1.54, 1.807) is 12.1 Å². The quantitative estimate of drug-likeness (QED) is 0.816. The molecule has 0 radical (unpaired) electrons. The van der Waals surface area contributed by atoms with E-state index in [0.717, 1.165) is 31.5 Å². The Kier molecular flexibility index (Phi) is 4.23. The Morgan fingerprint density at radius 3 is 2.50 bits per heavy atom. The normalized spacial score (nSPS) is 18.3. The van der Waals surface area contributed by atoms with Crippen molar-refractivity contribution in [3.63, 3.8) is 0 Å². The van der Waals surface area contributed by atoms with Gasteiger partial charge in [-0.3, -0.25) is 0 Å². The van der Waals surface area contributed by atoms with Crippen LogP contribution in [0.2, 0.25) is 0 Å². The number of rotatable bonds is 3. The molecule has 1 aromatic carbocycles.